The molecule has 0 saturated carbocycles. The molecule has 0 spiro atoms. The third kappa shape index (κ3) is 24.8. The van der Waals surface area contributed by atoms with Crippen molar-refractivity contribution in [1.82, 2.24) is 10.6 Å². The molecule has 0 fully saturated rings. The summed E-state index contributed by atoms with van der Waals surface area (Å²) in [6, 6.07) is 0. The summed E-state index contributed by atoms with van der Waals surface area (Å²) < 4.78 is 0. The quantitative estimate of drug-likeness (QED) is 0.161. The minimum atomic E-state index is 0.207. The number of carbonyl (C=O) groups is 1. The first-order valence-corrected chi connectivity index (χ1v) is 12.3. The van der Waals surface area contributed by atoms with Gasteiger partial charge in [-0.3, -0.25) is 4.79 Å². The Morgan fingerprint density at radius 1 is 0.724 bits per heavy atom. The summed E-state index contributed by atoms with van der Waals surface area (Å²) in [5.74, 6) is 0.207. The van der Waals surface area contributed by atoms with Crippen LogP contribution in [0.3, 0.4) is 0 Å². The molecule has 170 valence electrons. The average molecular weight is 408 g/mol. The number of allylic oxidation sites excluding steroid dienone is 4. The predicted octanol–water partition coefficient (Wildman–Crippen LogP) is 5.63. The van der Waals surface area contributed by atoms with Crippen LogP contribution in [0.4, 0.5) is 0 Å². The van der Waals surface area contributed by atoms with Crippen LogP contribution in [0.15, 0.2) is 24.3 Å². The fourth-order valence-corrected chi connectivity index (χ4v) is 3.15. The number of hydrogen-bond donors (Lipinski definition) is 3. The molecule has 1 amide bonds. The van der Waals surface area contributed by atoms with Crippen molar-refractivity contribution in [3.05, 3.63) is 24.3 Å². The minimum Gasteiger partial charge on any atom is -0.356 e. The van der Waals surface area contributed by atoms with Gasteiger partial charge in [-0.2, -0.15) is 0 Å². The molecule has 0 saturated heterocycles. The van der Waals surface area contributed by atoms with Crippen molar-refractivity contribution in [3.63, 3.8) is 0 Å². The van der Waals surface area contributed by atoms with Gasteiger partial charge in [0.25, 0.3) is 0 Å². The Balaban J connectivity index is 3.25. The van der Waals surface area contributed by atoms with Crippen LogP contribution >= 0.6 is 0 Å². The van der Waals surface area contributed by atoms with Crippen LogP contribution < -0.4 is 16.4 Å². The zero-order valence-electron chi connectivity index (χ0n) is 19.2. The standard InChI is InChI=1S/C25H49N3O/c1-2-3-4-5-6-7-8-9-10-11-12-13-14-15-16-20-25(29)28-24-19-23-27-22-18-17-21-26/h6-7,9-10,27H,2-5,8,11-24,26H2,1H3,(H,28,29)/b7-6+,10-9+. The molecule has 4 N–H and O–H groups in total. The van der Waals surface area contributed by atoms with E-state index in [0.717, 1.165) is 58.3 Å². The van der Waals surface area contributed by atoms with Gasteiger partial charge < -0.3 is 16.4 Å². The zero-order chi connectivity index (χ0) is 21.3. The summed E-state index contributed by atoms with van der Waals surface area (Å²) in [6.07, 6.45) is 26.5. The van der Waals surface area contributed by atoms with Crippen molar-refractivity contribution in [2.75, 3.05) is 26.2 Å². The molecule has 0 aromatic rings. The summed E-state index contributed by atoms with van der Waals surface area (Å²) >= 11 is 0. The molecule has 0 bridgehead atoms. The number of nitrogens with two attached hydrogens (primary N) is 1. The molecule has 0 aromatic heterocycles. The molecule has 0 atom stereocenters. The van der Waals surface area contributed by atoms with Gasteiger partial charge >= 0.3 is 0 Å². The van der Waals surface area contributed by atoms with Crippen molar-refractivity contribution in [2.24, 2.45) is 5.73 Å². The van der Waals surface area contributed by atoms with Crippen molar-refractivity contribution in [3.8, 4) is 0 Å². The second-order valence-corrected chi connectivity index (χ2v) is 7.93. The van der Waals surface area contributed by atoms with Gasteiger partial charge in [-0.05, 0) is 77.4 Å². The molecule has 0 heterocycles. The number of amides is 1. The van der Waals surface area contributed by atoms with E-state index in [1.54, 1.807) is 0 Å². The second-order valence-electron chi connectivity index (χ2n) is 7.93. The van der Waals surface area contributed by atoms with Crippen molar-refractivity contribution in [2.45, 2.75) is 103 Å². The van der Waals surface area contributed by atoms with Gasteiger partial charge in [0.15, 0.2) is 0 Å². The molecule has 0 aliphatic carbocycles. The van der Waals surface area contributed by atoms with Crippen LogP contribution in [0.1, 0.15) is 103 Å². The summed E-state index contributed by atoms with van der Waals surface area (Å²) in [6.45, 7) is 5.79. The molecule has 0 radical (unpaired) electrons. The fourth-order valence-electron chi connectivity index (χ4n) is 3.15. The van der Waals surface area contributed by atoms with Gasteiger partial charge in [0.1, 0.15) is 0 Å². The highest BCUT2D eigenvalue weighted by Gasteiger charge is 2.00. The van der Waals surface area contributed by atoms with Gasteiger partial charge in [-0.15, -0.1) is 0 Å². The van der Waals surface area contributed by atoms with E-state index < -0.39 is 0 Å². The minimum absolute atomic E-state index is 0.207. The maximum absolute atomic E-state index is 11.8. The van der Waals surface area contributed by atoms with Crippen LogP contribution in [0, 0.1) is 0 Å². The van der Waals surface area contributed by atoms with E-state index >= 15 is 0 Å². The smallest absolute Gasteiger partial charge is 0.219 e. The molecule has 0 unspecified atom stereocenters. The summed E-state index contributed by atoms with van der Waals surface area (Å²) in [7, 11) is 0. The Bertz CT molecular complexity index is 394. The Hall–Kier alpha value is -1.13. The lowest BCUT2D eigenvalue weighted by Crippen LogP contribution is -2.27. The normalized spacial score (nSPS) is 11.7. The van der Waals surface area contributed by atoms with Gasteiger partial charge in [-0.25, -0.2) is 0 Å². The Morgan fingerprint density at radius 2 is 1.38 bits per heavy atom. The first kappa shape index (κ1) is 27.9. The third-order valence-corrected chi connectivity index (χ3v) is 5.01. The van der Waals surface area contributed by atoms with Gasteiger partial charge in [-0.1, -0.05) is 63.3 Å². The first-order chi connectivity index (χ1) is 14.3. The monoisotopic (exact) mass is 407 g/mol. The number of nitrogens with one attached hydrogen (secondary N) is 2. The number of unbranched alkanes of at least 4 members (excludes halogenated alkanes) is 9. The average Bonchev–Trinajstić information content (AvgIpc) is 2.72. The fraction of sp³-hybridized carbons (Fsp3) is 0.800. The van der Waals surface area contributed by atoms with Crippen molar-refractivity contribution >= 4 is 5.91 Å². The molecule has 0 aliphatic heterocycles. The van der Waals surface area contributed by atoms with Gasteiger partial charge in [0.2, 0.25) is 5.91 Å². The molecule has 29 heavy (non-hydrogen) atoms. The molecule has 0 aromatic carbocycles. The van der Waals surface area contributed by atoms with E-state index in [9.17, 15) is 4.79 Å². The van der Waals surface area contributed by atoms with Gasteiger partial charge in [0, 0.05) is 13.0 Å². The lowest BCUT2D eigenvalue weighted by Gasteiger charge is -2.06. The van der Waals surface area contributed by atoms with Crippen LogP contribution in [-0.4, -0.2) is 32.1 Å². The predicted molar refractivity (Wildman–Crippen MR) is 128 cm³/mol. The molecule has 0 rings (SSSR count). The van der Waals surface area contributed by atoms with E-state index in [1.807, 2.05) is 0 Å². The number of carbonyl (C=O) groups excluding carboxylic acids is 1. The third-order valence-electron chi connectivity index (χ3n) is 5.01. The lowest BCUT2D eigenvalue weighted by molar-refractivity contribution is -0.121. The Morgan fingerprint density at radius 3 is 2.10 bits per heavy atom. The maximum atomic E-state index is 11.8. The number of hydrogen-bond acceptors (Lipinski definition) is 3. The van der Waals surface area contributed by atoms with Crippen LogP contribution in [0.5, 0.6) is 0 Å². The summed E-state index contributed by atoms with van der Waals surface area (Å²) in [5, 5.41) is 6.40. The first-order valence-electron chi connectivity index (χ1n) is 12.3. The summed E-state index contributed by atoms with van der Waals surface area (Å²) in [5.41, 5.74) is 5.46. The maximum Gasteiger partial charge on any atom is 0.219 e. The topological polar surface area (TPSA) is 67.2 Å². The number of rotatable bonds is 22. The molecule has 0 aliphatic rings. The van der Waals surface area contributed by atoms with E-state index in [0.29, 0.717) is 6.42 Å². The molecular formula is C25H49N3O. The highest BCUT2D eigenvalue weighted by molar-refractivity contribution is 5.75. The summed E-state index contributed by atoms with van der Waals surface area (Å²) in [4.78, 5) is 11.8. The highest BCUT2D eigenvalue weighted by atomic mass is 16.1. The zero-order valence-corrected chi connectivity index (χ0v) is 19.2. The van der Waals surface area contributed by atoms with E-state index in [1.165, 1.54) is 57.8 Å². The second kappa shape index (κ2) is 24.9. The Labute approximate surface area is 181 Å². The Kier molecular flexibility index (Phi) is 23.9. The van der Waals surface area contributed by atoms with E-state index in [4.69, 9.17) is 5.73 Å². The van der Waals surface area contributed by atoms with E-state index in [2.05, 4.69) is 41.9 Å². The van der Waals surface area contributed by atoms with Gasteiger partial charge in [0.05, 0.1) is 0 Å². The largest absolute Gasteiger partial charge is 0.356 e. The van der Waals surface area contributed by atoms with E-state index in [-0.39, 0.29) is 5.91 Å². The van der Waals surface area contributed by atoms with Crippen molar-refractivity contribution < 1.29 is 4.79 Å². The molecule has 4 heteroatoms. The van der Waals surface area contributed by atoms with Crippen LogP contribution in [-0.2, 0) is 4.79 Å². The van der Waals surface area contributed by atoms with Crippen molar-refractivity contribution in [1.29, 1.82) is 0 Å². The van der Waals surface area contributed by atoms with Crippen LogP contribution in [0.2, 0.25) is 0 Å². The molecule has 4 nitrogen and oxygen atoms in total. The SMILES string of the molecule is CCCCC/C=C/C/C=C/CCCCCCCC(=O)NCCCNCCCCN. The molecular weight excluding hydrogens is 358 g/mol. The van der Waals surface area contributed by atoms with Crippen LogP contribution in [0.25, 0.3) is 0 Å². The lowest BCUT2D eigenvalue weighted by atomic mass is 10.1. The highest BCUT2D eigenvalue weighted by Crippen LogP contribution is 2.08.